The van der Waals surface area contributed by atoms with Gasteiger partial charge >= 0.3 is 0 Å². The number of aromatic nitrogens is 2. The summed E-state index contributed by atoms with van der Waals surface area (Å²) in [4.78, 5) is 15.6. The molecule has 4 aromatic rings. The fraction of sp³-hybridized carbons (Fsp3) is 0.333. The van der Waals surface area contributed by atoms with Gasteiger partial charge in [0.2, 0.25) is 5.91 Å². The Hall–Kier alpha value is -3.70. The summed E-state index contributed by atoms with van der Waals surface area (Å²) in [5.74, 6) is 0.608. The first-order valence-corrected chi connectivity index (χ1v) is 13.7. The van der Waals surface area contributed by atoms with Crippen LogP contribution >= 0.6 is 0 Å². The zero-order valence-corrected chi connectivity index (χ0v) is 22.5. The Morgan fingerprint density at radius 2 is 1.71 bits per heavy atom. The number of fused-ring (bicyclic) bond motifs is 1. The lowest BCUT2D eigenvalue weighted by molar-refractivity contribution is -0.122. The average Bonchev–Trinajstić information content (AvgIpc) is 3.60. The van der Waals surface area contributed by atoms with E-state index in [4.69, 9.17) is 0 Å². The van der Waals surface area contributed by atoms with Crippen LogP contribution in [-0.2, 0) is 24.3 Å². The van der Waals surface area contributed by atoms with E-state index in [1.54, 1.807) is 0 Å². The van der Waals surface area contributed by atoms with Gasteiger partial charge in [-0.3, -0.25) is 9.69 Å². The quantitative estimate of drug-likeness (QED) is 0.344. The number of rotatable bonds is 6. The van der Waals surface area contributed by atoms with E-state index in [1.165, 1.54) is 27.8 Å². The molecule has 38 heavy (non-hydrogen) atoms. The lowest BCUT2D eigenvalue weighted by Gasteiger charge is -2.40. The summed E-state index contributed by atoms with van der Waals surface area (Å²) in [6, 6.07) is 25.1. The van der Waals surface area contributed by atoms with Crippen LogP contribution in [0.3, 0.4) is 0 Å². The average molecular weight is 505 g/mol. The number of hydrogen-bond acceptors (Lipinski definition) is 3. The van der Waals surface area contributed by atoms with Gasteiger partial charge < -0.3 is 5.32 Å². The Kier molecular flexibility index (Phi) is 6.40. The molecule has 2 aliphatic rings. The second-order valence-electron chi connectivity index (χ2n) is 11.7. The highest BCUT2D eigenvalue weighted by atomic mass is 16.2. The molecule has 1 amide bonds. The van der Waals surface area contributed by atoms with Crippen molar-refractivity contribution in [2.24, 2.45) is 5.92 Å². The molecule has 194 valence electrons. The molecule has 1 saturated carbocycles. The summed E-state index contributed by atoms with van der Waals surface area (Å²) < 4.78 is 1.94. The molecular weight excluding hydrogens is 468 g/mol. The Labute approximate surface area is 225 Å². The zero-order chi connectivity index (χ0) is 26.3. The minimum atomic E-state index is 0.0856. The summed E-state index contributed by atoms with van der Waals surface area (Å²) in [6.07, 6.45) is 6.02. The number of benzene rings is 3. The van der Waals surface area contributed by atoms with E-state index in [-0.39, 0.29) is 17.4 Å². The van der Waals surface area contributed by atoms with Crippen molar-refractivity contribution in [2.45, 2.75) is 58.2 Å². The summed E-state index contributed by atoms with van der Waals surface area (Å²) in [7, 11) is 0. The highest BCUT2D eigenvalue weighted by Gasteiger charge is 2.43. The molecular formula is C33H36N4O. The third-order valence-corrected chi connectivity index (χ3v) is 8.18. The van der Waals surface area contributed by atoms with E-state index in [0.29, 0.717) is 12.5 Å². The Morgan fingerprint density at radius 1 is 0.974 bits per heavy atom. The number of carbonyl (C=O) groups is 1. The molecule has 0 radical (unpaired) electrons. The van der Waals surface area contributed by atoms with E-state index in [2.05, 4.69) is 90.8 Å². The Morgan fingerprint density at radius 3 is 2.45 bits per heavy atom. The molecule has 2 heterocycles. The van der Waals surface area contributed by atoms with Gasteiger partial charge in [0, 0.05) is 42.9 Å². The Bertz CT molecular complexity index is 1440. The zero-order valence-electron chi connectivity index (χ0n) is 22.5. The standard InChI is InChI=1S/C33H36N4O/c1-33(2,3)36-17-16-28-27(25-20-35-37(21-25)26-12-8-5-9-13-26)15-14-24(31(28)22-36)19-34-32(38)30-18-29(30)23-10-6-4-7-11-23/h4-15,20-21,29-30H,16-19,22H2,1-3H3,(H,34,38). The lowest BCUT2D eigenvalue weighted by atomic mass is 9.86. The van der Waals surface area contributed by atoms with Crippen molar-refractivity contribution < 1.29 is 4.79 Å². The predicted molar refractivity (Wildman–Crippen MR) is 152 cm³/mol. The van der Waals surface area contributed by atoms with Crippen molar-refractivity contribution >= 4 is 5.91 Å². The summed E-state index contributed by atoms with van der Waals surface area (Å²) in [5, 5.41) is 7.93. The van der Waals surface area contributed by atoms with Crippen molar-refractivity contribution in [3.8, 4) is 16.8 Å². The topological polar surface area (TPSA) is 50.2 Å². The van der Waals surface area contributed by atoms with E-state index < -0.39 is 0 Å². The van der Waals surface area contributed by atoms with E-state index in [9.17, 15) is 4.79 Å². The van der Waals surface area contributed by atoms with Crippen LogP contribution in [0.2, 0.25) is 0 Å². The second-order valence-corrected chi connectivity index (χ2v) is 11.7. The van der Waals surface area contributed by atoms with Crippen molar-refractivity contribution in [3.05, 3.63) is 107 Å². The summed E-state index contributed by atoms with van der Waals surface area (Å²) in [6.45, 7) is 9.33. The van der Waals surface area contributed by atoms with Crippen LogP contribution < -0.4 is 5.32 Å². The smallest absolute Gasteiger partial charge is 0.224 e. The van der Waals surface area contributed by atoms with Crippen LogP contribution in [0, 0.1) is 5.92 Å². The van der Waals surface area contributed by atoms with Crippen LogP contribution in [0.5, 0.6) is 0 Å². The molecule has 1 aliphatic carbocycles. The molecule has 3 aromatic carbocycles. The van der Waals surface area contributed by atoms with E-state index in [0.717, 1.165) is 37.2 Å². The first-order valence-electron chi connectivity index (χ1n) is 13.7. The minimum Gasteiger partial charge on any atom is -0.352 e. The highest BCUT2D eigenvalue weighted by molar-refractivity contribution is 5.83. The minimum absolute atomic E-state index is 0.0856. The Balaban J connectivity index is 1.25. The van der Waals surface area contributed by atoms with Crippen LogP contribution in [0.15, 0.2) is 85.2 Å². The monoisotopic (exact) mass is 504 g/mol. The van der Waals surface area contributed by atoms with Crippen molar-refractivity contribution in [2.75, 3.05) is 6.54 Å². The highest BCUT2D eigenvalue weighted by Crippen LogP contribution is 2.47. The number of nitrogens with one attached hydrogen (secondary N) is 1. The van der Waals surface area contributed by atoms with Crippen molar-refractivity contribution in [1.29, 1.82) is 0 Å². The third kappa shape index (κ3) is 4.91. The van der Waals surface area contributed by atoms with Gasteiger partial charge in [-0.1, -0.05) is 60.7 Å². The molecule has 1 aliphatic heterocycles. The van der Waals surface area contributed by atoms with Crippen molar-refractivity contribution in [1.82, 2.24) is 20.0 Å². The molecule has 0 bridgehead atoms. The second kappa shape index (κ2) is 9.88. The largest absolute Gasteiger partial charge is 0.352 e. The summed E-state index contributed by atoms with van der Waals surface area (Å²) in [5.41, 5.74) is 8.75. The number of hydrogen-bond donors (Lipinski definition) is 1. The van der Waals surface area contributed by atoms with Gasteiger partial charge in [-0.15, -0.1) is 0 Å². The van der Waals surface area contributed by atoms with Gasteiger partial charge in [-0.05, 0) is 79.5 Å². The number of para-hydroxylation sites is 1. The fourth-order valence-corrected chi connectivity index (χ4v) is 5.80. The van der Waals surface area contributed by atoms with Gasteiger partial charge in [0.05, 0.1) is 11.9 Å². The van der Waals surface area contributed by atoms with Gasteiger partial charge in [0.15, 0.2) is 0 Å². The van der Waals surface area contributed by atoms with Crippen LogP contribution in [0.4, 0.5) is 0 Å². The maximum atomic E-state index is 13.0. The van der Waals surface area contributed by atoms with Gasteiger partial charge in [-0.25, -0.2) is 4.68 Å². The van der Waals surface area contributed by atoms with Gasteiger partial charge in [0.25, 0.3) is 0 Å². The molecule has 2 unspecified atom stereocenters. The number of carbonyl (C=O) groups excluding carboxylic acids is 1. The molecule has 1 aromatic heterocycles. The van der Waals surface area contributed by atoms with Crippen LogP contribution in [0.1, 0.15) is 55.4 Å². The number of amides is 1. The van der Waals surface area contributed by atoms with Gasteiger partial charge in [-0.2, -0.15) is 5.10 Å². The van der Waals surface area contributed by atoms with Crippen molar-refractivity contribution in [3.63, 3.8) is 0 Å². The summed E-state index contributed by atoms with van der Waals surface area (Å²) >= 11 is 0. The first-order chi connectivity index (χ1) is 18.4. The molecule has 5 heteroatoms. The molecule has 5 nitrogen and oxygen atoms in total. The SMILES string of the molecule is CC(C)(C)N1CCc2c(-c3cnn(-c4ccccc4)c3)ccc(CNC(=O)C3CC3c3ccccc3)c2C1. The van der Waals surface area contributed by atoms with E-state index in [1.807, 2.05) is 35.1 Å². The van der Waals surface area contributed by atoms with E-state index >= 15 is 0 Å². The maximum Gasteiger partial charge on any atom is 0.224 e. The number of nitrogens with zero attached hydrogens (tertiary/aromatic N) is 3. The molecule has 6 rings (SSSR count). The predicted octanol–water partition coefficient (Wildman–Crippen LogP) is 6.12. The molecule has 1 fully saturated rings. The molecule has 2 atom stereocenters. The maximum absolute atomic E-state index is 13.0. The third-order valence-electron chi connectivity index (χ3n) is 8.18. The molecule has 0 saturated heterocycles. The first kappa shape index (κ1) is 24.6. The fourth-order valence-electron chi connectivity index (χ4n) is 5.80. The molecule has 1 N–H and O–H groups in total. The van der Waals surface area contributed by atoms with Crippen LogP contribution in [-0.4, -0.2) is 32.7 Å². The normalized spacial score (nSPS) is 19.1. The van der Waals surface area contributed by atoms with Crippen LogP contribution in [0.25, 0.3) is 16.8 Å². The lowest BCUT2D eigenvalue weighted by Crippen LogP contribution is -2.44. The van der Waals surface area contributed by atoms with Gasteiger partial charge in [0.1, 0.15) is 0 Å². The molecule has 0 spiro atoms.